The Hall–Kier alpha value is -1.33. The molecule has 0 amide bonds. The van der Waals surface area contributed by atoms with Gasteiger partial charge in [0, 0.05) is 15.4 Å². The number of carbonyl (C=O) groups is 1. The lowest BCUT2D eigenvalue weighted by Crippen LogP contribution is -2.13. The van der Waals surface area contributed by atoms with Gasteiger partial charge >= 0.3 is 5.97 Å². The number of nitrogen functional groups attached to an aromatic ring is 1. The summed E-state index contributed by atoms with van der Waals surface area (Å²) in [4.78, 5) is 12.1. The fourth-order valence-electron chi connectivity index (χ4n) is 1.70. The minimum Gasteiger partial charge on any atom is -0.459 e. The zero-order valence-electron chi connectivity index (χ0n) is 10.6. The van der Waals surface area contributed by atoms with Crippen molar-refractivity contribution < 1.29 is 9.53 Å². The van der Waals surface area contributed by atoms with Crippen LogP contribution < -0.4 is 5.73 Å². The van der Waals surface area contributed by atoms with Crippen molar-refractivity contribution in [3.63, 3.8) is 0 Å². The first-order valence-corrected chi connectivity index (χ1v) is 7.50. The van der Waals surface area contributed by atoms with E-state index in [1.807, 2.05) is 43.5 Å². The van der Waals surface area contributed by atoms with Gasteiger partial charge in [-0.15, -0.1) is 11.3 Å². The highest BCUT2D eigenvalue weighted by atomic mass is 79.9. The molecule has 1 aromatic heterocycles. The second-order valence-corrected chi connectivity index (χ2v) is 6.18. The SMILES string of the molecule is CC(C)OC(=O)c1c(-c2ccc(Br)cc2)csc1N. The molecular weight excluding hydrogens is 326 g/mol. The van der Waals surface area contributed by atoms with E-state index in [4.69, 9.17) is 10.5 Å². The Bertz CT molecular complexity index is 590. The van der Waals surface area contributed by atoms with Crippen LogP contribution in [0.25, 0.3) is 11.1 Å². The number of carbonyl (C=O) groups excluding carboxylic acids is 1. The highest BCUT2D eigenvalue weighted by Crippen LogP contribution is 2.34. The van der Waals surface area contributed by atoms with E-state index in [0.29, 0.717) is 10.6 Å². The molecule has 0 atom stereocenters. The van der Waals surface area contributed by atoms with Crippen molar-refractivity contribution in [2.24, 2.45) is 0 Å². The highest BCUT2D eigenvalue weighted by Gasteiger charge is 2.20. The van der Waals surface area contributed by atoms with E-state index >= 15 is 0 Å². The summed E-state index contributed by atoms with van der Waals surface area (Å²) in [6, 6.07) is 7.75. The molecule has 0 fully saturated rings. The van der Waals surface area contributed by atoms with Gasteiger partial charge in [0.05, 0.1) is 6.10 Å². The molecular formula is C14H14BrNO2S. The van der Waals surface area contributed by atoms with Crippen molar-refractivity contribution in [1.82, 2.24) is 0 Å². The smallest absolute Gasteiger partial charge is 0.342 e. The number of hydrogen-bond acceptors (Lipinski definition) is 4. The van der Waals surface area contributed by atoms with Crippen molar-refractivity contribution in [3.05, 3.63) is 39.7 Å². The zero-order chi connectivity index (χ0) is 14.0. The molecule has 0 unspecified atom stereocenters. The third kappa shape index (κ3) is 3.16. The summed E-state index contributed by atoms with van der Waals surface area (Å²) in [5.74, 6) is -0.369. The summed E-state index contributed by atoms with van der Waals surface area (Å²) < 4.78 is 6.23. The summed E-state index contributed by atoms with van der Waals surface area (Å²) in [5.41, 5.74) is 8.12. The van der Waals surface area contributed by atoms with Crippen LogP contribution in [-0.4, -0.2) is 12.1 Å². The lowest BCUT2D eigenvalue weighted by Gasteiger charge is -2.09. The molecule has 2 aromatic rings. The van der Waals surface area contributed by atoms with E-state index in [2.05, 4.69) is 15.9 Å². The Kier molecular flexibility index (Phi) is 4.27. The molecule has 0 aliphatic heterocycles. The maximum Gasteiger partial charge on any atom is 0.342 e. The van der Waals surface area contributed by atoms with Gasteiger partial charge < -0.3 is 10.5 Å². The maximum absolute atomic E-state index is 12.1. The molecule has 0 aliphatic carbocycles. The van der Waals surface area contributed by atoms with Gasteiger partial charge in [-0.05, 0) is 31.5 Å². The monoisotopic (exact) mass is 339 g/mol. The number of nitrogens with two attached hydrogens (primary N) is 1. The summed E-state index contributed by atoms with van der Waals surface area (Å²) in [6.07, 6.45) is -0.162. The lowest BCUT2D eigenvalue weighted by atomic mass is 10.0. The van der Waals surface area contributed by atoms with Gasteiger partial charge in [-0.1, -0.05) is 28.1 Å². The van der Waals surface area contributed by atoms with Gasteiger partial charge in [-0.3, -0.25) is 0 Å². The van der Waals surface area contributed by atoms with Gasteiger partial charge in [0.2, 0.25) is 0 Å². The molecule has 0 aliphatic rings. The topological polar surface area (TPSA) is 52.3 Å². The van der Waals surface area contributed by atoms with Crippen molar-refractivity contribution in [3.8, 4) is 11.1 Å². The number of thiophene rings is 1. The van der Waals surface area contributed by atoms with E-state index in [0.717, 1.165) is 15.6 Å². The number of hydrogen-bond donors (Lipinski definition) is 1. The molecule has 0 spiro atoms. The molecule has 2 rings (SSSR count). The quantitative estimate of drug-likeness (QED) is 0.847. The fourth-order valence-corrected chi connectivity index (χ4v) is 2.77. The number of halogens is 1. The van der Waals surface area contributed by atoms with E-state index in [1.165, 1.54) is 11.3 Å². The molecule has 0 saturated carbocycles. The normalized spacial score (nSPS) is 10.7. The number of ether oxygens (including phenoxy) is 1. The summed E-state index contributed by atoms with van der Waals surface area (Å²) >= 11 is 4.74. The minimum absolute atomic E-state index is 0.162. The highest BCUT2D eigenvalue weighted by molar-refractivity contribution is 9.10. The van der Waals surface area contributed by atoms with Crippen molar-refractivity contribution in [2.45, 2.75) is 20.0 Å². The molecule has 1 heterocycles. The summed E-state index contributed by atoms with van der Waals surface area (Å²) in [6.45, 7) is 3.64. The second kappa shape index (κ2) is 5.75. The zero-order valence-corrected chi connectivity index (χ0v) is 13.0. The Labute approximate surface area is 124 Å². The second-order valence-electron chi connectivity index (χ2n) is 4.35. The Morgan fingerprint density at radius 2 is 1.95 bits per heavy atom. The van der Waals surface area contributed by atoms with E-state index in [1.54, 1.807) is 0 Å². The van der Waals surface area contributed by atoms with E-state index in [9.17, 15) is 4.79 Å². The molecule has 0 saturated heterocycles. The van der Waals surface area contributed by atoms with Crippen molar-refractivity contribution in [1.29, 1.82) is 0 Å². The van der Waals surface area contributed by atoms with Gasteiger partial charge in [0.15, 0.2) is 0 Å². The van der Waals surface area contributed by atoms with Crippen LogP contribution >= 0.6 is 27.3 Å². The average molecular weight is 340 g/mol. The van der Waals surface area contributed by atoms with Crippen LogP contribution in [0.2, 0.25) is 0 Å². The van der Waals surface area contributed by atoms with Crippen LogP contribution in [0.5, 0.6) is 0 Å². The van der Waals surface area contributed by atoms with Crippen molar-refractivity contribution in [2.75, 3.05) is 5.73 Å². The number of anilines is 1. The van der Waals surface area contributed by atoms with Crippen LogP contribution in [0, 0.1) is 0 Å². The molecule has 0 radical (unpaired) electrons. The third-order valence-corrected chi connectivity index (χ3v) is 3.86. The first-order valence-electron chi connectivity index (χ1n) is 5.83. The summed E-state index contributed by atoms with van der Waals surface area (Å²) in [5, 5.41) is 2.37. The number of rotatable bonds is 3. The Balaban J connectivity index is 2.42. The molecule has 1 aromatic carbocycles. The summed E-state index contributed by atoms with van der Waals surface area (Å²) in [7, 11) is 0. The predicted molar refractivity (Wildman–Crippen MR) is 82.4 cm³/mol. The largest absolute Gasteiger partial charge is 0.459 e. The van der Waals surface area contributed by atoms with E-state index < -0.39 is 0 Å². The first-order chi connectivity index (χ1) is 8.99. The van der Waals surface area contributed by atoms with Crippen LogP contribution in [0.15, 0.2) is 34.1 Å². The Morgan fingerprint density at radius 1 is 1.32 bits per heavy atom. The maximum atomic E-state index is 12.1. The predicted octanol–water partition coefficient (Wildman–Crippen LogP) is 4.33. The first kappa shape index (κ1) is 14.1. The molecule has 19 heavy (non-hydrogen) atoms. The van der Waals surface area contributed by atoms with Crippen LogP contribution in [0.4, 0.5) is 5.00 Å². The molecule has 5 heteroatoms. The van der Waals surface area contributed by atoms with Gasteiger partial charge in [0.25, 0.3) is 0 Å². The standard InChI is InChI=1S/C14H14BrNO2S/c1-8(2)18-14(17)12-11(7-19-13(12)16)9-3-5-10(15)6-4-9/h3-8H,16H2,1-2H3. The number of benzene rings is 1. The molecule has 3 nitrogen and oxygen atoms in total. The third-order valence-electron chi connectivity index (χ3n) is 2.52. The van der Waals surface area contributed by atoms with Crippen molar-refractivity contribution >= 4 is 38.2 Å². The lowest BCUT2D eigenvalue weighted by molar-refractivity contribution is 0.0380. The van der Waals surface area contributed by atoms with Gasteiger partial charge in [0.1, 0.15) is 10.6 Å². The van der Waals surface area contributed by atoms with Gasteiger partial charge in [-0.2, -0.15) is 0 Å². The van der Waals surface area contributed by atoms with Crippen LogP contribution in [-0.2, 0) is 4.74 Å². The van der Waals surface area contributed by atoms with Gasteiger partial charge in [-0.25, -0.2) is 4.79 Å². The van der Waals surface area contributed by atoms with Crippen LogP contribution in [0.3, 0.4) is 0 Å². The average Bonchev–Trinajstić information content (AvgIpc) is 2.71. The molecule has 0 bridgehead atoms. The van der Waals surface area contributed by atoms with Crippen LogP contribution in [0.1, 0.15) is 24.2 Å². The number of esters is 1. The fraction of sp³-hybridized carbons (Fsp3) is 0.214. The molecule has 2 N–H and O–H groups in total. The Morgan fingerprint density at radius 3 is 2.53 bits per heavy atom. The minimum atomic E-state index is -0.369. The molecule has 100 valence electrons. The van der Waals surface area contributed by atoms with E-state index in [-0.39, 0.29) is 12.1 Å².